The maximum absolute atomic E-state index is 13.4. The lowest BCUT2D eigenvalue weighted by Gasteiger charge is -2.13. The number of aryl methyl sites for hydroxylation is 1. The van der Waals surface area contributed by atoms with Gasteiger partial charge in [-0.05, 0) is 49.2 Å². The van der Waals surface area contributed by atoms with E-state index in [-0.39, 0.29) is 23.5 Å². The lowest BCUT2D eigenvalue weighted by atomic mass is 10.0. The Morgan fingerprint density at radius 1 is 1.14 bits per heavy atom. The van der Waals surface area contributed by atoms with Crippen molar-refractivity contribution in [3.8, 4) is 17.0 Å². The van der Waals surface area contributed by atoms with E-state index in [0.29, 0.717) is 46.7 Å². The van der Waals surface area contributed by atoms with Gasteiger partial charge in [0.15, 0.2) is 15.5 Å². The van der Waals surface area contributed by atoms with Gasteiger partial charge in [-0.2, -0.15) is 5.10 Å². The number of nitrogens with one attached hydrogen (secondary N) is 1. The van der Waals surface area contributed by atoms with Crippen LogP contribution in [0.3, 0.4) is 0 Å². The number of rotatable bonds is 6. The van der Waals surface area contributed by atoms with Gasteiger partial charge in [0.05, 0.1) is 47.0 Å². The summed E-state index contributed by atoms with van der Waals surface area (Å²) in [5, 5.41) is 8.29. The molecule has 2 aromatic heterocycles. The second-order valence-electron chi connectivity index (χ2n) is 8.74. The predicted octanol–water partition coefficient (Wildman–Crippen LogP) is 3.70. The van der Waals surface area contributed by atoms with E-state index in [1.807, 2.05) is 61.5 Å². The second-order valence-corrected chi connectivity index (χ2v) is 11.0. The molecule has 1 amide bonds. The summed E-state index contributed by atoms with van der Waals surface area (Å²) in [5.41, 5.74) is 4.03. The number of benzene rings is 2. The second kappa shape index (κ2) is 9.14. The molecule has 4 aromatic rings. The minimum absolute atomic E-state index is 0.0210. The Labute approximate surface area is 203 Å². The molecule has 5 rings (SSSR count). The third-order valence-corrected chi connectivity index (χ3v) is 8.07. The van der Waals surface area contributed by atoms with Crippen molar-refractivity contribution in [2.24, 2.45) is 0 Å². The first-order chi connectivity index (χ1) is 16.8. The minimum atomic E-state index is -3.12. The summed E-state index contributed by atoms with van der Waals surface area (Å²) < 4.78 is 31.3. The number of aromatic nitrogens is 3. The van der Waals surface area contributed by atoms with Gasteiger partial charge >= 0.3 is 0 Å². The Hall–Kier alpha value is -3.72. The van der Waals surface area contributed by atoms with Crippen molar-refractivity contribution in [2.75, 3.05) is 18.6 Å². The van der Waals surface area contributed by atoms with E-state index in [1.165, 1.54) is 0 Å². The fourth-order valence-electron chi connectivity index (χ4n) is 4.50. The average Bonchev–Trinajstić information content (AvgIpc) is 3.41. The van der Waals surface area contributed by atoms with E-state index in [9.17, 15) is 13.2 Å². The van der Waals surface area contributed by atoms with Gasteiger partial charge in [0.1, 0.15) is 5.75 Å². The van der Waals surface area contributed by atoms with Gasteiger partial charge < -0.3 is 10.1 Å². The molecule has 1 fully saturated rings. The molecule has 0 spiro atoms. The molecule has 1 aliphatic rings. The van der Waals surface area contributed by atoms with Gasteiger partial charge in [-0.3, -0.25) is 4.79 Å². The van der Waals surface area contributed by atoms with E-state index in [4.69, 9.17) is 9.72 Å². The van der Waals surface area contributed by atoms with Crippen molar-refractivity contribution < 1.29 is 17.9 Å². The third-order valence-electron chi connectivity index (χ3n) is 6.32. The van der Waals surface area contributed by atoms with E-state index in [1.54, 1.807) is 17.9 Å². The first kappa shape index (κ1) is 23.0. The molecule has 0 bridgehead atoms. The summed E-state index contributed by atoms with van der Waals surface area (Å²) in [6, 6.07) is 18.6. The number of carbonyl (C=O) groups excluding carboxylic acids is 1. The van der Waals surface area contributed by atoms with Gasteiger partial charge in [0.2, 0.25) is 0 Å². The number of nitrogens with zero attached hydrogens (tertiary/aromatic N) is 3. The summed E-state index contributed by atoms with van der Waals surface area (Å²) in [6.07, 6.45) is 0.475. The number of carbonyl (C=O) groups is 1. The van der Waals surface area contributed by atoms with Crippen LogP contribution in [0.2, 0.25) is 0 Å². The van der Waals surface area contributed by atoms with Crippen molar-refractivity contribution in [1.29, 1.82) is 0 Å². The standard InChI is InChI=1S/C26H26N4O4S/c1-17-24-22(26(31)27-15-18-6-4-3-5-7-18)14-23(19-8-10-21(34-2)11-9-19)28-25(24)30(29-17)20-12-13-35(32,33)16-20/h3-11,14,20H,12-13,15-16H2,1-2H3,(H,27,31)/t20-/m1/s1. The summed E-state index contributed by atoms with van der Waals surface area (Å²) in [4.78, 5) is 18.3. The van der Waals surface area contributed by atoms with Gasteiger partial charge in [0, 0.05) is 12.1 Å². The van der Waals surface area contributed by atoms with Crippen LogP contribution in [0.15, 0.2) is 60.7 Å². The molecule has 8 nitrogen and oxygen atoms in total. The smallest absolute Gasteiger partial charge is 0.252 e. The molecular formula is C26H26N4O4S. The van der Waals surface area contributed by atoms with Gasteiger partial charge in [0.25, 0.3) is 5.91 Å². The van der Waals surface area contributed by atoms with Crippen LogP contribution in [-0.4, -0.2) is 47.7 Å². The average molecular weight is 491 g/mol. The van der Waals surface area contributed by atoms with Crippen molar-refractivity contribution in [3.05, 3.63) is 77.5 Å². The molecule has 1 saturated heterocycles. The third kappa shape index (κ3) is 4.64. The molecule has 2 aromatic carbocycles. The molecule has 0 radical (unpaired) electrons. The monoisotopic (exact) mass is 490 g/mol. The van der Waals surface area contributed by atoms with Crippen LogP contribution in [0.25, 0.3) is 22.3 Å². The minimum Gasteiger partial charge on any atom is -0.497 e. The van der Waals surface area contributed by atoms with Crippen molar-refractivity contribution in [2.45, 2.75) is 25.9 Å². The zero-order valence-corrected chi connectivity index (χ0v) is 20.4. The van der Waals surface area contributed by atoms with Crippen LogP contribution in [-0.2, 0) is 16.4 Å². The van der Waals surface area contributed by atoms with E-state index < -0.39 is 9.84 Å². The first-order valence-electron chi connectivity index (χ1n) is 11.4. The predicted molar refractivity (Wildman–Crippen MR) is 134 cm³/mol. The Kier molecular flexibility index (Phi) is 6.02. The summed E-state index contributed by atoms with van der Waals surface area (Å²) >= 11 is 0. The van der Waals surface area contributed by atoms with Crippen molar-refractivity contribution in [1.82, 2.24) is 20.1 Å². The molecule has 0 aliphatic carbocycles. The Morgan fingerprint density at radius 3 is 2.54 bits per heavy atom. The van der Waals surface area contributed by atoms with E-state index in [0.717, 1.165) is 11.1 Å². The zero-order valence-electron chi connectivity index (χ0n) is 19.6. The quantitative estimate of drug-likeness (QED) is 0.442. The number of methoxy groups -OCH3 is 1. The number of amides is 1. The molecular weight excluding hydrogens is 464 g/mol. The molecule has 3 heterocycles. The highest BCUT2D eigenvalue weighted by Gasteiger charge is 2.32. The van der Waals surface area contributed by atoms with Crippen LogP contribution in [0.5, 0.6) is 5.75 Å². The molecule has 9 heteroatoms. The van der Waals surface area contributed by atoms with Gasteiger partial charge in [-0.25, -0.2) is 18.1 Å². The highest BCUT2D eigenvalue weighted by atomic mass is 32.2. The number of fused-ring (bicyclic) bond motifs is 1. The highest BCUT2D eigenvalue weighted by Crippen LogP contribution is 2.32. The summed E-state index contributed by atoms with van der Waals surface area (Å²) in [6.45, 7) is 2.21. The fraction of sp³-hybridized carbons (Fsp3) is 0.269. The van der Waals surface area contributed by atoms with Crippen LogP contribution in [0, 0.1) is 6.92 Å². The normalized spacial score (nSPS) is 16.9. The molecule has 35 heavy (non-hydrogen) atoms. The number of pyridine rings is 1. The highest BCUT2D eigenvalue weighted by molar-refractivity contribution is 7.91. The van der Waals surface area contributed by atoms with Gasteiger partial charge in [-0.15, -0.1) is 0 Å². The van der Waals surface area contributed by atoms with Gasteiger partial charge in [-0.1, -0.05) is 30.3 Å². The van der Waals surface area contributed by atoms with Crippen LogP contribution in [0.4, 0.5) is 0 Å². The number of sulfone groups is 1. The maximum atomic E-state index is 13.4. The number of ether oxygens (including phenoxy) is 1. The molecule has 0 unspecified atom stereocenters. The maximum Gasteiger partial charge on any atom is 0.252 e. The lowest BCUT2D eigenvalue weighted by Crippen LogP contribution is -2.23. The molecule has 180 valence electrons. The molecule has 1 N–H and O–H groups in total. The molecule has 1 atom stereocenters. The van der Waals surface area contributed by atoms with E-state index >= 15 is 0 Å². The van der Waals surface area contributed by atoms with Crippen molar-refractivity contribution in [3.63, 3.8) is 0 Å². The largest absolute Gasteiger partial charge is 0.497 e. The molecule has 0 saturated carbocycles. The summed E-state index contributed by atoms with van der Waals surface area (Å²) in [5.74, 6) is 0.624. The topological polar surface area (TPSA) is 103 Å². The number of hydrogen-bond acceptors (Lipinski definition) is 6. The first-order valence-corrected chi connectivity index (χ1v) is 13.2. The molecule has 1 aliphatic heterocycles. The lowest BCUT2D eigenvalue weighted by molar-refractivity contribution is 0.0952. The van der Waals surface area contributed by atoms with Crippen LogP contribution in [0.1, 0.15) is 34.1 Å². The fourth-order valence-corrected chi connectivity index (χ4v) is 6.19. The zero-order chi connectivity index (χ0) is 24.6. The Morgan fingerprint density at radius 2 is 1.89 bits per heavy atom. The summed E-state index contributed by atoms with van der Waals surface area (Å²) in [7, 11) is -1.52. The Balaban J connectivity index is 1.61. The van der Waals surface area contributed by atoms with Crippen molar-refractivity contribution >= 4 is 26.8 Å². The van der Waals surface area contributed by atoms with Crippen LogP contribution < -0.4 is 10.1 Å². The van der Waals surface area contributed by atoms with Crippen LogP contribution >= 0.6 is 0 Å². The Bertz CT molecular complexity index is 1500. The SMILES string of the molecule is COc1ccc(-c2cc(C(=O)NCc3ccccc3)c3c(C)nn([C@@H]4CCS(=O)(=O)C4)c3n2)cc1. The number of hydrogen-bond donors (Lipinski definition) is 1. The van der Waals surface area contributed by atoms with E-state index in [2.05, 4.69) is 10.4 Å².